The average molecular weight is 486 g/mol. The summed E-state index contributed by atoms with van der Waals surface area (Å²) in [4.78, 5) is 13.9. The van der Waals surface area contributed by atoms with E-state index < -0.39 is 5.79 Å². The van der Waals surface area contributed by atoms with Gasteiger partial charge in [0, 0.05) is 39.3 Å². The Balaban J connectivity index is 1.70. The molecule has 2 aliphatic heterocycles. The number of ether oxygens (including phenoxy) is 3. The molecule has 0 amide bonds. The van der Waals surface area contributed by atoms with E-state index in [-0.39, 0.29) is 17.3 Å². The van der Waals surface area contributed by atoms with Crippen LogP contribution in [0.1, 0.15) is 77.0 Å². The van der Waals surface area contributed by atoms with E-state index >= 15 is 0 Å². The number of ketones is 1. The number of benzene rings is 2. The lowest BCUT2D eigenvalue weighted by molar-refractivity contribution is -0.117. The van der Waals surface area contributed by atoms with E-state index in [0.717, 1.165) is 43.8 Å². The van der Waals surface area contributed by atoms with Gasteiger partial charge < -0.3 is 23.9 Å². The molecule has 0 aliphatic carbocycles. The van der Waals surface area contributed by atoms with Crippen LogP contribution in [-0.2, 0) is 11.2 Å². The summed E-state index contributed by atoms with van der Waals surface area (Å²) >= 11 is 6.93. The molecule has 4 rings (SSSR count). The molecule has 0 aromatic heterocycles. The average Bonchev–Trinajstić information content (AvgIpc) is 2.92. The van der Waals surface area contributed by atoms with Crippen molar-refractivity contribution in [2.45, 2.75) is 78.1 Å². The van der Waals surface area contributed by atoms with Crippen LogP contribution in [0.2, 0.25) is 5.02 Å². The fraction of sp³-hybridized carbons (Fsp3) is 0.536. The van der Waals surface area contributed by atoms with Gasteiger partial charge in [0.25, 0.3) is 0 Å². The van der Waals surface area contributed by atoms with E-state index in [1.54, 1.807) is 6.92 Å². The molecule has 0 N–H and O–H groups in total. The molecule has 2 heterocycles. The summed E-state index contributed by atoms with van der Waals surface area (Å²) < 4.78 is 18.1. The minimum atomic E-state index is -0.730. The van der Waals surface area contributed by atoms with Gasteiger partial charge in [-0.05, 0) is 82.0 Å². The fourth-order valence-electron chi connectivity index (χ4n) is 4.81. The summed E-state index contributed by atoms with van der Waals surface area (Å²) in [7, 11) is 0. The van der Waals surface area contributed by atoms with Gasteiger partial charge in [0.1, 0.15) is 17.1 Å². The second-order valence-corrected chi connectivity index (χ2v) is 11.3. The SMILES string of the molecule is CC(=O)CCCN1CCc2c(cc3c(c2Cl)OC(C)(C)O3)C(c2ccc(OC(C)(C)C)cc2)C1. The molecule has 2 aromatic carbocycles. The molecule has 5 nitrogen and oxygen atoms in total. The van der Waals surface area contributed by atoms with Crippen molar-refractivity contribution in [1.82, 2.24) is 4.90 Å². The lowest BCUT2D eigenvalue weighted by Crippen LogP contribution is -2.30. The van der Waals surface area contributed by atoms with Crippen molar-refractivity contribution in [2.75, 3.05) is 19.6 Å². The van der Waals surface area contributed by atoms with Crippen LogP contribution >= 0.6 is 11.6 Å². The number of rotatable bonds is 6. The molecule has 0 saturated heterocycles. The second-order valence-electron chi connectivity index (χ2n) is 10.9. The van der Waals surface area contributed by atoms with Crippen LogP contribution < -0.4 is 14.2 Å². The normalized spacial score (nSPS) is 19.4. The van der Waals surface area contributed by atoms with E-state index in [9.17, 15) is 4.79 Å². The first kappa shape index (κ1) is 24.9. The Morgan fingerprint density at radius 1 is 1.21 bits per heavy atom. The third-order valence-electron chi connectivity index (χ3n) is 6.23. The van der Waals surface area contributed by atoms with Crippen LogP contribution in [0.5, 0.6) is 17.2 Å². The number of hydrogen-bond donors (Lipinski definition) is 0. The number of halogens is 1. The number of carbonyl (C=O) groups excluding carboxylic acids is 1. The highest BCUT2D eigenvalue weighted by molar-refractivity contribution is 6.33. The minimum Gasteiger partial charge on any atom is -0.488 e. The van der Waals surface area contributed by atoms with E-state index in [2.05, 4.69) is 23.1 Å². The maximum Gasteiger partial charge on any atom is 0.246 e. The van der Waals surface area contributed by atoms with Crippen LogP contribution in [0.25, 0.3) is 0 Å². The molecule has 0 saturated carbocycles. The highest BCUT2D eigenvalue weighted by atomic mass is 35.5. The van der Waals surface area contributed by atoms with Gasteiger partial charge in [0.15, 0.2) is 11.5 Å². The van der Waals surface area contributed by atoms with Crippen molar-refractivity contribution in [2.24, 2.45) is 0 Å². The van der Waals surface area contributed by atoms with Gasteiger partial charge in [-0.3, -0.25) is 0 Å². The molecule has 2 aromatic rings. The Hall–Kier alpha value is -2.24. The lowest BCUT2D eigenvalue weighted by Gasteiger charge is -2.26. The molecule has 0 radical (unpaired) electrons. The van der Waals surface area contributed by atoms with Crippen molar-refractivity contribution in [3.05, 3.63) is 52.0 Å². The van der Waals surface area contributed by atoms with E-state index in [4.69, 9.17) is 25.8 Å². The highest BCUT2D eigenvalue weighted by Crippen LogP contribution is 2.50. The molecule has 1 unspecified atom stereocenters. The molecule has 184 valence electrons. The lowest BCUT2D eigenvalue weighted by atomic mass is 9.87. The number of fused-ring (bicyclic) bond motifs is 2. The van der Waals surface area contributed by atoms with E-state index in [1.807, 2.05) is 46.8 Å². The standard InChI is InChI=1S/C28H36ClNO4/c1-18(31)8-7-14-30-15-13-21-22(16-24-26(25(21)29)34-28(5,6)33-24)23(17-30)19-9-11-20(12-10-19)32-27(2,3)4/h9-12,16,23H,7-8,13-15,17H2,1-6H3. The number of carbonyl (C=O) groups is 1. The molecular weight excluding hydrogens is 450 g/mol. The monoisotopic (exact) mass is 485 g/mol. The molecule has 6 heteroatoms. The van der Waals surface area contributed by atoms with Gasteiger partial charge >= 0.3 is 0 Å². The Morgan fingerprint density at radius 2 is 1.91 bits per heavy atom. The van der Waals surface area contributed by atoms with Gasteiger partial charge in [-0.25, -0.2) is 0 Å². The van der Waals surface area contributed by atoms with Gasteiger partial charge in [0.05, 0.1) is 5.02 Å². The smallest absolute Gasteiger partial charge is 0.246 e. The third kappa shape index (κ3) is 5.69. The maximum absolute atomic E-state index is 11.5. The molecule has 0 bridgehead atoms. The van der Waals surface area contributed by atoms with Gasteiger partial charge in [0.2, 0.25) is 5.79 Å². The molecule has 0 fully saturated rings. The number of nitrogens with zero attached hydrogens (tertiary/aromatic N) is 1. The van der Waals surface area contributed by atoms with Crippen LogP contribution in [0.4, 0.5) is 0 Å². The van der Waals surface area contributed by atoms with Gasteiger partial charge in [-0.15, -0.1) is 0 Å². The maximum atomic E-state index is 11.5. The zero-order valence-electron chi connectivity index (χ0n) is 21.2. The summed E-state index contributed by atoms with van der Waals surface area (Å²) in [5.74, 6) is 1.83. The van der Waals surface area contributed by atoms with Crippen molar-refractivity contribution >= 4 is 17.4 Å². The second kappa shape index (κ2) is 9.43. The first-order valence-corrected chi connectivity index (χ1v) is 12.5. The van der Waals surface area contributed by atoms with Gasteiger partial charge in [-0.2, -0.15) is 0 Å². The van der Waals surface area contributed by atoms with Crippen molar-refractivity contribution in [3.8, 4) is 17.2 Å². The topological polar surface area (TPSA) is 48.0 Å². The summed E-state index contributed by atoms with van der Waals surface area (Å²) in [6.45, 7) is 14.2. The first-order chi connectivity index (χ1) is 15.9. The fourth-order valence-corrected chi connectivity index (χ4v) is 5.15. The Morgan fingerprint density at radius 3 is 2.56 bits per heavy atom. The van der Waals surface area contributed by atoms with Crippen LogP contribution in [0.3, 0.4) is 0 Å². The first-order valence-electron chi connectivity index (χ1n) is 12.2. The summed E-state index contributed by atoms with van der Waals surface area (Å²) in [6, 6.07) is 10.5. The minimum absolute atomic E-state index is 0.119. The van der Waals surface area contributed by atoms with E-state index in [1.165, 1.54) is 11.1 Å². The van der Waals surface area contributed by atoms with Crippen molar-refractivity contribution in [3.63, 3.8) is 0 Å². The molecule has 0 spiro atoms. The summed E-state index contributed by atoms with van der Waals surface area (Å²) in [6.07, 6.45) is 2.30. The Kier molecular flexibility index (Phi) is 6.90. The number of Topliss-reactive ketones (excluding diaryl/α,β-unsaturated/α-hetero) is 1. The predicted octanol–water partition coefficient (Wildman–Crippen LogP) is 6.38. The summed E-state index contributed by atoms with van der Waals surface area (Å²) in [5, 5.41) is 0.654. The Labute approximate surface area is 208 Å². The zero-order valence-corrected chi connectivity index (χ0v) is 21.9. The third-order valence-corrected chi connectivity index (χ3v) is 6.63. The summed E-state index contributed by atoms with van der Waals surface area (Å²) in [5.41, 5.74) is 3.26. The highest BCUT2D eigenvalue weighted by Gasteiger charge is 2.37. The van der Waals surface area contributed by atoms with Crippen LogP contribution in [0.15, 0.2) is 30.3 Å². The van der Waals surface area contributed by atoms with Gasteiger partial charge in [-0.1, -0.05) is 23.7 Å². The predicted molar refractivity (Wildman–Crippen MR) is 136 cm³/mol. The number of hydrogen-bond acceptors (Lipinski definition) is 5. The van der Waals surface area contributed by atoms with Crippen molar-refractivity contribution in [1.29, 1.82) is 0 Å². The molecular formula is C28H36ClNO4. The molecule has 2 aliphatic rings. The van der Waals surface area contributed by atoms with E-state index in [0.29, 0.717) is 22.9 Å². The molecule has 34 heavy (non-hydrogen) atoms. The quantitative estimate of drug-likeness (QED) is 0.474. The molecule has 1 atom stereocenters. The van der Waals surface area contributed by atoms with Crippen molar-refractivity contribution < 1.29 is 19.0 Å². The Bertz CT molecular complexity index is 1060. The zero-order chi connectivity index (χ0) is 24.7. The van der Waals surface area contributed by atoms with Crippen LogP contribution in [0, 0.1) is 0 Å². The van der Waals surface area contributed by atoms with Crippen LogP contribution in [-0.4, -0.2) is 41.7 Å². The largest absolute Gasteiger partial charge is 0.488 e.